The van der Waals surface area contributed by atoms with Gasteiger partial charge in [0, 0.05) is 36.2 Å². The molecule has 4 aromatic rings. The first-order valence-electron chi connectivity index (χ1n) is 11.4. The first kappa shape index (κ1) is 21.8. The zero-order valence-corrected chi connectivity index (χ0v) is 19.0. The predicted molar refractivity (Wildman–Crippen MR) is 124 cm³/mol. The molecule has 0 fully saturated rings. The van der Waals surface area contributed by atoms with E-state index in [4.69, 9.17) is 15.1 Å². The second-order valence-electron chi connectivity index (χ2n) is 8.14. The number of aromatic nitrogens is 8. The zero-order valence-electron chi connectivity index (χ0n) is 19.0. The number of aromatic amines is 1. The van der Waals surface area contributed by atoms with Crippen molar-refractivity contribution in [1.82, 2.24) is 40.4 Å². The van der Waals surface area contributed by atoms with Gasteiger partial charge in [-0.2, -0.15) is 10.3 Å². The molecule has 1 unspecified atom stereocenters. The van der Waals surface area contributed by atoms with Crippen molar-refractivity contribution >= 4 is 0 Å². The molecule has 166 valence electrons. The van der Waals surface area contributed by atoms with Gasteiger partial charge in [-0.1, -0.05) is 63.9 Å². The van der Waals surface area contributed by atoms with Crippen LogP contribution in [-0.2, 0) is 13.0 Å². The molecule has 3 heterocycles. The lowest BCUT2D eigenvalue weighted by Crippen LogP contribution is -2.07. The molecule has 0 bridgehead atoms. The van der Waals surface area contributed by atoms with Gasteiger partial charge >= 0.3 is 0 Å². The maximum Gasteiger partial charge on any atom is 0.205 e. The van der Waals surface area contributed by atoms with Crippen molar-refractivity contribution in [2.24, 2.45) is 0 Å². The van der Waals surface area contributed by atoms with Crippen molar-refractivity contribution in [3.63, 3.8) is 0 Å². The smallest absolute Gasteiger partial charge is 0.205 e. The van der Waals surface area contributed by atoms with E-state index in [0.29, 0.717) is 11.7 Å². The summed E-state index contributed by atoms with van der Waals surface area (Å²) in [6.07, 6.45) is 7.20. The average molecular weight is 431 g/mol. The standard InChI is InChI=1S/C24H30N8/c1-4-6-9-14-32-22(26-23(29-32)17(3)5-2)15-18-12-13-21(25-16-18)19-10-7-8-11-20(19)24-27-30-31-28-24/h7-8,10-13,16-17H,4-6,9,14-15H2,1-3H3,(H,27,28,30,31). The van der Waals surface area contributed by atoms with Crippen molar-refractivity contribution in [3.8, 4) is 22.6 Å². The Morgan fingerprint density at radius 2 is 1.88 bits per heavy atom. The number of hydrogen-bond donors (Lipinski definition) is 1. The summed E-state index contributed by atoms with van der Waals surface area (Å²) >= 11 is 0. The van der Waals surface area contributed by atoms with E-state index in [1.54, 1.807) is 0 Å². The number of unbranched alkanes of at least 4 members (excludes halogenated alkanes) is 2. The third-order valence-electron chi connectivity index (χ3n) is 5.77. The Bertz CT molecular complexity index is 1120. The minimum atomic E-state index is 0.364. The van der Waals surface area contributed by atoms with Crippen LogP contribution in [0.4, 0.5) is 0 Å². The predicted octanol–water partition coefficient (Wildman–Crippen LogP) is 4.81. The van der Waals surface area contributed by atoms with Gasteiger partial charge in [-0.3, -0.25) is 4.98 Å². The second kappa shape index (κ2) is 10.3. The van der Waals surface area contributed by atoms with Crippen molar-refractivity contribution in [2.45, 2.75) is 65.3 Å². The summed E-state index contributed by atoms with van der Waals surface area (Å²) < 4.78 is 2.09. The van der Waals surface area contributed by atoms with E-state index < -0.39 is 0 Å². The van der Waals surface area contributed by atoms with Crippen LogP contribution in [0.2, 0.25) is 0 Å². The molecule has 4 rings (SSSR count). The molecule has 0 radical (unpaired) electrons. The second-order valence-corrected chi connectivity index (χ2v) is 8.14. The molecule has 0 amide bonds. The number of rotatable bonds is 10. The number of aryl methyl sites for hydroxylation is 1. The minimum absolute atomic E-state index is 0.364. The van der Waals surface area contributed by atoms with Gasteiger partial charge in [-0.25, -0.2) is 9.67 Å². The normalized spacial score (nSPS) is 12.2. The topological polar surface area (TPSA) is 98.1 Å². The van der Waals surface area contributed by atoms with Gasteiger partial charge in [-0.15, -0.1) is 10.2 Å². The highest BCUT2D eigenvalue weighted by Gasteiger charge is 2.16. The molecule has 1 N–H and O–H groups in total. The Labute approximate surface area is 188 Å². The summed E-state index contributed by atoms with van der Waals surface area (Å²) in [7, 11) is 0. The van der Waals surface area contributed by atoms with Gasteiger partial charge in [0.25, 0.3) is 0 Å². The summed E-state index contributed by atoms with van der Waals surface area (Å²) in [5.74, 6) is 2.88. The number of tetrazole rings is 1. The molecular weight excluding hydrogens is 400 g/mol. The Hall–Kier alpha value is -3.42. The molecule has 8 nitrogen and oxygen atoms in total. The fraction of sp³-hybridized carbons (Fsp3) is 0.417. The van der Waals surface area contributed by atoms with Gasteiger partial charge in [-0.05, 0) is 29.7 Å². The first-order chi connectivity index (χ1) is 15.7. The quantitative estimate of drug-likeness (QED) is 0.362. The van der Waals surface area contributed by atoms with E-state index in [2.05, 4.69) is 52.1 Å². The summed E-state index contributed by atoms with van der Waals surface area (Å²) in [4.78, 5) is 9.62. The highest BCUT2D eigenvalue weighted by atomic mass is 15.5. The van der Waals surface area contributed by atoms with Crippen LogP contribution in [0.5, 0.6) is 0 Å². The Morgan fingerprint density at radius 1 is 1.03 bits per heavy atom. The van der Waals surface area contributed by atoms with Crippen molar-refractivity contribution < 1.29 is 0 Å². The average Bonchev–Trinajstić information content (AvgIpc) is 3.50. The van der Waals surface area contributed by atoms with Crippen LogP contribution in [0.25, 0.3) is 22.6 Å². The number of H-pyrrole nitrogens is 1. The number of hydrogen-bond acceptors (Lipinski definition) is 6. The van der Waals surface area contributed by atoms with Crippen molar-refractivity contribution in [3.05, 3.63) is 59.8 Å². The lowest BCUT2D eigenvalue weighted by Gasteiger charge is -2.08. The maximum absolute atomic E-state index is 4.88. The summed E-state index contributed by atoms with van der Waals surface area (Å²) in [6, 6.07) is 12.1. The first-order valence-corrected chi connectivity index (χ1v) is 11.4. The van der Waals surface area contributed by atoms with E-state index in [1.165, 1.54) is 12.8 Å². The fourth-order valence-corrected chi connectivity index (χ4v) is 3.65. The summed E-state index contributed by atoms with van der Waals surface area (Å²) in [6.45, 7) is 7.50. The van der Waals surface area contributed by atoms with Crippen LogP contribution in [0.3, 0.4) is 0 Å². The molecule has 1 atom stereocenters. The third-order valence-corrected chi connectivity index (χ3v) is 5.77. The van der Waals surface area contributed by atoms with Gasteiger partial charge in [0.1, 0.15) is 5.82 Å². The highest BCUT2D eigenvalue weighted by molar-refractivity contribution is 5.78. The van der Waals surface area contributed by atoms with Gasteiger partial charge in [0.2, 0.25) is 5.82 Å². The lowest BCUT2D eigenvalue weighted by molar-refractivity contribution is 0.526. The van der Waals surface area contributed by atoms with E-state index in [9.17, 15) is 0 Å². The van der Waals surface area contributed by atoms with Crippen LogP contribution in [0.1, 0.15) is 69.6 Å². The summed E-state index contributed by atoms with van der Waals surface area (Å²) in [5, 5.41) is 19.2. The van der Waals surface area contributed by atoms with Crippen molar-refractivity contribution in [1.29, 1.82) is 0 Å². The van der Waals surface area contributed by atoms with Crippen molar-refractivity contribution in [2.75, 3.05) is 0 Å². The number of benzene rings is 1. The summed E-state index contributed by atoms with van der Waals surface area (Å²) in [5.41, 5.74) is 3.86. The molecule has 0 saturated heterocycles. The Kier molecular flexibility index (Phi) is 6.99. The SMILES string of the molecule is CCCCCn1nc(C(C)CC)nc1Cc1ccc(-c2ccccc2-c2nn[nH]n2)nc1. The largest absolute Gasteiger partial charge is 0.256 e. The van der Waals surface area contributed by atoms with Crippen LogP contribution >= 0.6 is 0 Å². The van der Waals surface area contributed by atoms with Crippen LogP contribution in [0, 0.1) is 0 Å². The van der Waals surface area contributed by atoms with Gasteiger partial charge in [0.15, 0.2) is 5.82 Å². The monoisotopic (exact) mass is 430 g/mol. The van der Waals surface area contributed by atoms with Gasteiger partial charge < -0.3 is 0 Å². The third kappa shape index (κ3) is 4.90. The zero-order chi connectivity index (χ0) is 22.3. The molecule has 0 aliphatic heterocycles. The molecule has 3 aromatic heterocycles. The molecule has 0 aliphatic carbocycles. The highest BCUT2D eigenvalue weighted by Crippen LogP contribution is 2.28. The van der Waals surface area contributed by atoms with E-state index in [1.807, 2.05) is 36.5 Å². The minimum Gasteiger partial charge on any atom is -0.256 e. The molecule has 0 saturated carbocycles. The number of pyridine rings is 1. The number of nitrogens with one attached hydrogen (secondary N) is 1. The fourth-order valence-electron chi connectivity index (χ4n) is 3.65. The Balaban J connectivity index is 1.57. The molecule has 1 aromatic carbocycles. The molecule has 8 heteroatoms. The Morgan fingerprint density at radius 3 is 2.56 bits per heavy atom. The van der Waals surface area contributed by atoms with E-state index >= 15 is 0 Å². The van der Waals surface area contributed by atoms with Crippen LogP contribution in [-0.4, -0.2) is 40.4 Å². The van der Waals surface area contributed by atoms with Crippen LogP contribution in [0.15, 0.2) is 42.6 Å². The molecule has 0 spiro atoms. The van der Waals surface area contributed by atoms with Gasteiger partial charge in [0.05, 0.1) is 5.69 Å². The van der Waals surface area contributed by atoms with E-state index in [0.717, 1.165) is 59.8 Å². The molecule has 0 aliphatic rings. The molecule has 32 heavy (non-hydrogen) atoms. The maximum atomic E-state index is 4.88. The van der Waals surface area contributed by atoms with E-state index in [-0.39, 0.29) is 0 Å². The van der Waals surface area contributed by atoms with Crippen LogP contribution < -0.4 is 0 Å². The lowest BCUT2D eigenvalue weighted by atomic mass is 10.0. The number of nitrogens with zero attached hydrogens (tertiary/aromatic N) is 7. The molecular formula is C24H30N8.